The standard InChI is InChI=1S/C32H48N2O4/c1-31(2,33-17-23-35-24-18-33)27-9-13-29(14-10-27)37-21-7-5-6-8-22-38-30-15-11-28(12-16-30)32(3,4)34-19-25-36-26-20-34/h9-16H,5-8,17-26H2,1-4H3. The normalized spacial score (nSPS) is 17.9. The molecule has 2 heterocycles. The minimum absolute atomic E-state index is 0.00588. The molecule has 0 bridgehead atoms. The second-order valence-electron chi connectivity index (χ2n) is 11.5. The molecule has 0 saturated carbocycles. The Labute approximate surface area is 230 Å². The van der Waals surface area contributed by atoms with Crippen LogP contribution in [-0.2, 0) is 20.6 Å². The molecule has 2 fully saturated rings. The lowest BCUT2D eigenvalue weighted by Gasteiger charge is -2.41. The third kappa shape index (κ3) is 7.72. The molecule has 2 aliphatic heterocycles. The minimum atomic E-state index is 0.00588. The van der Waals surface area contributed by atoms with Gasteiger partial charge in [-0.1, -0.05) is 24.3 Å². The number of hydrogen-bond donors (Lipinski definition) is 0. The maximum atomic E-state index is 6.00. The Kier molecular flexibility index (Phi) is 10.5. The monoisotopic (exact) mass is 524 g/mol. The highest BCUT2D eigenvalue weighted by Gasteiger charge is 2.31. The Hall–Kier alpha value is -2.12. The largest absolute Gasteiger partial charge is 0.494 e. The molecule has 38 heavy (non-hydrogen) atoms. The van der Waals surface area contributed by atoms with Gasteiger partial charge in [0.2, 0.25) is 0 Å². The van der Waals surface area contributed by atoms with Gasteiger partial charge in [-0.15, -0.1) is 0 Å². The van der Waals surface area contributed by atoms with Crippen molar-refractivity contribution in [1.29, 1.82) is 0 Å². The molecule has 0 unspecified atom stereocenters. The van der Waals surface area contributed by atoms with Gasteiger partial charge in [-0.25, -0.2) is 0 Å². The molecule has 2 aliphatic rings. The van der Waals surface area contributed by atoms with Crippen molar-refractivity contribution in [2.45, 2.75) is 64.5 Å². The topological polar surface area (TPSA) is 43.4 Å². The van der Waals surface area contributed by atoms with Gasteiger partial charge in [0.25, 0.3) is 0 Å². The number of ether oxygens (including phenoxy) is 4. The molecule has 0 aromatic heterocycles. The number of nitrogens with zero attached hydrogens (tertiary/aromatic N) is 2. The molecule has 0 amide bonds. The highest BCUT2D eigenvalue weighted by Crippen LogP contribution is 2.31. The molecule has 2 aromatic carbocycles. The lowest BCUT2D eigenvalue weighted by Crippen LogP contribution is -2.47. The molecule has 2 saturated heterocycles. The van der Waals surface area contributed by atoms with Gasteiger partial charge in [0.15, 0.2) is 0 Å². The van der Waals surface area contributed by atoms with Crippen LogP contribution in [0.4, 0.5) is 0 Å². The highest BCUT2D eigenvalue weighted by atomic mass is 16.5. The third-order valence-corrected chi connectivity index (χ3v) is 8.30. The Morgan fingerprint density at radius 1 is 0.553 bits per heavy atom. The summed E-state index contributed by atoms with van der Waals surface area (Å²) >= 11 is 0. The average Bonchev–Trinajstić information content (AvgIpc) is 2.96. The summed E-state index contributed by atoms with van der Waals surface area (Å²) in [5.41, 5.74) is 2.65. The number of unbranched alkanes of at least 4 members (excludes halogenated alkanes) is 3. The van der Waals surface area contributed by atoms with Gasteiger partial charge in [0.1, 0.15) is 11.5 Å². The molecule has 6 nitrogen and oxygen atoms in total. The quantitative estimate of drug-likeness (QED) is 0.307. The fourth-order valence-electron chi connectivity index (χ4n) is 5.47. The van der Waals surface area contributed by atoms with Crippen LogP contribution in [0.1, 0.15) is 64.5 Å². The van der Waals surface area contributed by atoms with Crippen LogP contribution in [0.5, 0.6) is 11.5 Å². The van der Waals surface area contributed by atoms with Crippen molar-refractivity contribution in [1.82, 2.24) is 9.80 Å². The van der Waals surface area contributed by atoms with Crippen molar-refractivity contribution in [2.24, 2.45) is 0 Å². The molecule has 0 aliphatic carbocycles. The van der Waals surface area contributed by atoms with E-state index in [1.54, 1.807) is 0 Å². The fraction of sp³-hybridized carbons (Fsp3) is 0.625. The van der Waals surface area contributed by atoms with Crippen molar-refractivity contribution < 1.29 is 18.9 Å². The zero-order valence-electron chi connectivity index (χ0n) is 24.0. The van der Waals surface area contributed by atoms with Crippen LogP contribution in [0.25, 0.3) is 0 Å². The van der Waals surface area contributed by atoms with Crippen LogP contribution in [0.3, 0.4) is 0 Å². The average molecular weight is 525 g/mol. The van der Waals surface area contributed by atoms with E-state index in [0.29, 0.717) is 0 Å². The summed E-state index contributed by atoms with van der Waals surface area (Å²) in [4.78, 5) is 5.00. The smallest absolute Gasteiger partial charge is 0.119 e. The molecular weight excluding hydrogens is 476 g/mol. The maximum absolute atomic E-state index is 6.00. The first kappa shape index (κ1) is 28.9. The maximum Gasteiger partial charge on any atom is 0.119 e. The van der Waals surface area contributed by atoms with E-state index in [0.717, 1.165) is 103 Å². The second-order valence-corrected chi connectivity index (χ2v) is 11.5. The summed E-state index contributed by atoms with van der Waals surface area (Å²) < 4.78 is 23.0. The molecule has 0 N–H and O–H groups in total. The van der Waals surface area contributed by atoms with Crippen LogP contribution in [0, 0.1) is 0 Å². The molecule has 210 valence electrons. The van der Waals surface area contributed by atoms with E-state index in [1.165, 1.54) is 11.1 Å². The van der Waals surface area contributed by atoms with Gasteiger partial charge < -0.3 is 18.9 Å². The zero-order chi connectivity index (χ0) is 26.8. The van der Waals surface area contributed by atoms with Crippen LogP contribution in [0.15, 0.2) is 48.5 Å². The van der Waals surface area contributed by atoms with E-state index in [1.807, 2.05) is 0 Å². The van der Waals surface area contributed by atoms with Crippen molar-refractivity contribution in [3.63, 3.8) is 0 Å². The first-order valence-electron chi connectivity index (χ1n) is 14.5. The number of morpholine rings is 2. The van der Waals surface area contributed by atoms with Crippen molar-refractivity contribution in [3.05, 3.63) is 59.7 Å². The molecule has 0 spiro atoms. The molecule has 0 atom stereocenters. The van der Waals surface area contributed by atoms with Gasteiger partial charge in [-0.2, -0.15) is 0 Å². The van der Waals surface area contributed by atoms with Crippen LogP contribution >= 0.6 is 0 Å². The minimum Gasteiger partial charge on any atom is -0.494 e. The predicted octanol–water partition coefficient (Wildman–Crippen LogP) is 5.84. The van der Waals surface area contributed by atoms with Crippen LogP contribution in [0.2, 0.25) is 0 Å². The van der Waals surface area contributed by atoms with E-state index in [9.17, 15) is 0 Å². The first-order valence-corrected chi connectivity index (χ1v) is 14.5. The van der Waals surface area contributed by atoms with Crippen LogP contribution in [-0.4, -0.2) is 75.6 Å². The highest BCUT2D eigenvalue weighted by molar-refractivity contribution is 5.32. The van der Waals surface area contributed by atoms with Crippen molar-refractivity contribution in [3.8, 4) is 11.5 Å². The number of hydrogen-bond acceptors (Lipinski definition) is 6. The third-order valence-electron chi connectivity index (χ3n) is 8.30. The van der Waals surface area contributed by atoms with Crippen LogP contribution < -0.4 is 9.47 Å². The van der Waals surface area contributed by atoms with E-state index in [4.69, 9.17) is 18.9 Å². The summed E-state index contributed by atoms with van der Waals surface area (Å²) in [6.07, 6.45) is 4.43. The molecular formula is C32H48N2O4. The second kappa shape index (κ2) is 13.8. The zero-order valence-corrected chi connectivity index (χ0v) is 24.0. The predicted molar refractivity (Wildman–Crippen MR) is 153 cm³/mol. The van der Waals surface area contributed by atoms with E-state index in [2.05, 4.69) is 86.0 Å². The molecule has 0 radical (unpaired) electrons. The Balaban J connectivity index is 1.08. The van der Waals surface area contributed by atoms with Crippen molar-refractivity contribution in [2.75, 3.05) is 65.8 Å². The molecule has 4 rings (SSSR count). The summed E-state index contributed by atoms with van der Waals surface area (Å²) in [7, 11) is 0. The van der Waals surface area contributed by atoms with E-state index < -0.39 is 0 Å². The lowest BCUT2D eigenvalue weighted by molar-refractivity contribution is -0.0118. The molecule has 6 heteroatoms. The SMILES string of the molecule is CC(C)(c1ccc(OCCCCCCOc2ccc(C(C)(C)N3CCOCC3)cc2)cc1)N1CCOCC1. The lowest BCUT2D eigenvalue weighted by atomic mass is 9.92. The van der Waals surface area contributed by atoms with Gasteiger partial charge >= 0.3 is 0 Å². The van der Waals surface area contributed by atoms with Gasteiger partial charge in [0, 0.05) is 37.3 Å². The summed E-state index contributed by atoms with van der Waals surface area (Å²) in [5.74, 6) is 1.91. The molecule has 2 aromatic rings. The summed E-state index contributed by atoms with van der Waals surface area (Å²) in [6, 6.07) is 17.3. The summed E-state index contributed by atoms with van der Waals surface area (Å²) in [6.45, 7) is 17.9. The summed E-state index contributed by atoms with van der Waals surface area (Å²) in [5, 5.41) is 0. The first-order chi connectivity index (χ1) is 18.4. The van der Waals surface area contributed by atoms with E-state index in [-0.39, 0.29) is 11.1 Å². The Morgan fingerprint density at radius 3 is 1.24 bits per heavy atom. The number of rotatable bonds is 13. The van der Waals surface area contributed by atoms with Gasteiger partial charge in [-0.05, 0) is 88.8 Å². The van der Waals surface area contributed by atoms with Gasteiger partial charge in [0.05, 0.1) is 39.6 Å². The Morgan fingerprint density at radius 2 is 0.895 bits per heavy atom. The van der Waals surface area contributed by atoms with Gasteiger partial charge in [-0.3, -0.25) is 9.80 Å². The van der Waals surface area contributed by atoms with E-state index >= 15 is 0 Å². The van der Waals surface area contributed by atoms with Crippen molar-refractivity contribution >= 4 is 0 Å². The Bertz CT molecular complexity index is 867. The number of benzene rings is 2. The fourth-order valence-corrected chi connectivity index (χ4v) is 5.47.